The van der Waals surface area contributed by atoms with E-state index < -0.39 is 5.97 Å². The first-order valence-corrected chi connectivity index (χ1v) is 8.16. The summed E-state index contributed by atoms with van der Waals surface area (Å²) in [5.74, 6) is -0.759. The summed E-state index contributed by atoms with van der Waals surface area (Å²) < 4.78 is 0.821. The van der Waals surface area contributed by atoms with E-state index in [-0.39, 0.29) is 12.5 Å². The van der Waals surface area contributed by atoms with Crippen molar-refractivity contribution in [1.29, 1.82) is 0 Å². The van der Waals surface area contributed by atoms with Crippen molar-refractivity contribution in [3.8, 4) is 0 Å². The number of nitrogens with zero attached hydrogens (tertiary/aromatic N) is 1. The topological polar surface area (TPSA) is 40.5 Å². The number of halogens is 2. The van der Waals surface area contributed by atoms with Gasteiger partial charge in [0.05, 0.1) is 11.4 Å². The molecule has 0 saturated carbocycles. The lowest BCUT2D eigenvalue weighted by Gasteiger charge is -2.30. The standard InChI is InChI=1S/C15H19BrClNO2/c16-12-9-11(5-6-13(12)17)14(10-15(19)20)18-7-3-1-2-4-8-18/h5-6,9,14H,1-4,7-8,10H2,(H,19,20). The number of aliphatic carboxylic acids is 1. The molecule has 20 heavy (non-hydrogen) atoms. The molecule has 0 spiro atoms. The third-order valence-corrected chi connectivity index (χ3v) is 4.99. The summed E-state index contributed by atoms with van der Waals surface area (Å²) in [6.45, 7) is 1.94. The van der Waals surface area contributed by atoms with Crippen LogP contribution in [0.1, 0.15) is 43.7 Å². The number of carboxylic acid groups (broad SMARTS) is 1. The maximum Gasteiger partial charge on any atom is 0.305 e. The van der Waals surface area contributed by atoms with Crippen LogP contribution in [0, 0.1) is 0 Å². The molecule has 1 aromatic carbocycles. The maximum atomic E-state index is 11.2. The zero-order valence-corrected chi connectivity index (χ0v) is 13.7. The monoisotopic (exact) mass is 359 g/mol. The second-order valence-corrected chi connectivity index (χ2v) is 6.50. The number of hydrogen-bond donors (Lipinski definition) is 1. The van der Waals surface area contributed by atoms with Crippen LogP contribution >= 0.6 is 27.5 Å². The Kier molecular flexibility index (Phi) is 5.87. The summed E-state index contributed by atoms with van der Waals surface area (Å²) in [4.78, 5) is 13.5. The minimum absolute atomic E-state index is 0.0702. The van der Waals surface area contributed by atoms with Crippen molar-refractivity contribution in [1.82, 2.24) is 4.90 Å². The first-order chi connectivity index (χ1) is 9.58. The molecule has 1 N–H and O–H groups in total. The van der Waals surface area contributed by atoms with Crippen molar-refractivity contribution in [3.05, 3.63) is 33.3 Å². The van der Waals surface area contributed by atoms with Gasteiger partial charge in [-0.25, -0.2) is 0 Å². The van der Waals surface area contributed by atoms with Crippen molar-refractivity contribution < 1.29 is 9.90 Å². The van der Waals surface area contributed by atoms with E-state index in [9.17, 15) is 9.90 Å². The number of likely N-dealkylation sites (tertiary alicyclic amines) is 1. The maximum absolute atomic E-state index is 11.2. The summed E-state index contributed by atoms with van der Waals surface area (Å²) in [5, 5.41) is 9.86. The third-order valence-electron chi connectivity index (χ3n) is 3.78. The van der Waals surface area contributed by atoms with E-state index in [0.717, 1.165) is 36.0 Å². The lowest BCUT2D eigenvalue weighted by atomic mass is 10.0. The number of rotatable bonds is 4. The Balaban J connectivity index is 2.25. The van der Waals surface area contributed by atoms with Crippen LogP contribution in [0.5, 0.6) is 0 Å². The van der Waals surface area contributed by atoms with E-state index in [1.807, 2.05) is 18.2 Å². The number of hydrogen-bond acceptors (Lipinski definition) is 2. The van der Waals surface area contributed by atoms with Gasteiger partial charge in [-0.2, -0.15) is 0 Å². The van der Waals surface area contributed by atoms with Crippen LogP contribution < -0.4 is 0 Å². The van der Waals surface area contributed by atoms with Gasteiger partial charge in [-0.3, -0.25) is 9.69 Å². The molecule has 1 aromatic rings. The van der Waals surface area contributed by atoms with E-state index in [1.54, 1.807) is 0 Å². The zero-order chi connectivity index (χ0) is 14.5. The average molecular weight is 361 g/mol. The number of carboxylic acids is 1. The molecule has 1 heterocycles. The zero-order valence-electron chi connectivity index (χ0n) is 11.3. The molecule has 0 aliphatic carbocycles. The van der Waals surface area contributed by atoms with E-state index in [1.165, 1.54) is 12.8 Å². The molecule has 5 heteroatoms. The largest absolute Gasteiger partial charge is 0.481 e. The Bertz CT molecular complexity index is 473. The molecule has 110 valence electrons. The molecular formula is C15H19BrClNO2. The van der Waals surface area contributed by atoms with Crippen molar-refractivity contribution in [2.45, 2.75) is 38.1 Å². The van der Waals surface area contributed by atoms with Crippen LogP contribution in [0.25, 0.3) is 0 Å². The van der Waals surface area contributed by atoms with Gasteiger partial charge in [0.15, 0.2) is 0 Å². The molecule has 0 bridgehead atoms. The molecule has 1 aliphatic rings. The summed E-state index contributed by atoms with van der Waals surface area (Å²) in [6, 6.07) is 5.64. The van der Waals surface area contributed by atoms with Crippen molar-refractivity contribution in [2.75, 3.05) is 13.1 Å². The van der Waals surface area contributed by atoms with Gasteiger partial charge >= 0.3 is 5.97 Å². The molecule has 1 fully saturated rings. The lowest BCUT2D eigenvalue weighted by molar-refractivity contribution is -0.138. The van der Waals surface area contributed by atoms with Crippen molar-refractivity contribution in [2.24, 2.45) is 0 Å². The second-order valence-electron chi connectivity index (χ2n) is 5.24. The fourth-order valence-electron chi connectivity index (χ4n) is 2.75. The molecular weight excluding hydrogens is 342 g/mol. The van der Waals surface area contributed by atoms with Crippen molar-refractivity contribution in [3.63, 3.8) is 0 Å². The van der Waals surface area contributed by atoms with E-state index >= 15 is 0 Å². The van der Waals surface area contributed by atoms with Crippen LogP contribution in [-0.2, 0) is 4.79 Å². The van der Waals surface area contributed by atoms with Crippen LogP contribution in [0.15, 0.2) is 22.7 Å². The highest BCUT2D eigenvalue weighted by Gasteiger charge is 2.24. The first kappa shape index (κ1) is 15.8. The summed E-state index contributed by atoms with van der Waals surface area (Å²) >= 11 is 9.45. The SMILES string of the molecule is O=C(O)CC(c1ccc(Cl)c(Br)c1)N1CCCCCC1. The van der Waals surface area contributed by atoms with Crippen molar-refractivity contribution >= 4 is 33.5 Å². The molecule has 1 saturated heterocycles. The van der Waals surface area contributed by atoms with Crippen LogP contribution in [0.2, 0.25) is 5.02 Å². The molecule has 3 nitrogen and oxygen atoms in total. The number of carbonyl (C=O) groups is 1. The highest BCUT2D eigenvalue weighted by atomic mass is 79.9. The fraction of sp³-hybridized carbons (Fsp3) is 0.533. The smallest absolute Gasteiger partial charge is 0.305 e. The number of benzene rings is 1. The van der Waals surface area contributed by atoms with Gasteiger partial charge in [-0.05, 0) is 59.6 Å². The predicted molar refractivity (Wildman–Crippen MR) is 84.2 cm³/mol. The second kappa shape index (κ2) is 7.43. The predicted octanol–water partition coefficient (Wildman–Crippen LogP) is 4.49. The molecule has 2 rings (SSSR count). The highest BCUT2D eigenvalue weighted by molar-refractivity contribution is 9.10. The highest BCUT2D eigenvalue weighted by Crippen LogP contribution is 2.31. The Morgan fingerprint density at radius 3 is 2.50 bits per heavy atom. The van der Waals surface area contributed by atoms with Gasteiger partial charge in [0, 0.05) is 10.5 Å². The normalized spacial score (nSPS) is 18.5. The molecule has 0 aromatic heterocycles. The summed E-state index contributed by atoms with van der Waals surface area (Å²) in [6.07, 6.45) is 4.89. The van der Waals surface area contributed by atoms with Gasteiger partial charge in [0.2, 0.25) is 0 Å². The minimum Gasteiger partial charge on any atom is -0.481 e. The quantitative estimate of drug-likeness (QED) is 0.859. The third kappa shape index (κ3) is 4.21. The summed E-state index contributed by atoms with van der Waals surface area (Å²) in [7, 11) is 0. The fourth-order valence-corrected chi connectivity index (χ4v) is 3.26. The van der Waals surface area contributed by atoms with E-state index in [2.05, 4.69) is 20.8 Å². The van der Waals surface area contributed by atoms with Gasteiger partial charge in [0.25, 0.3) is 0 Å². The Labute approximate surface area is 133 Å². The lowest BCUT2D eigenvalue weighted by Crippen LogP contribution is -2.31. The molecule has 1 aliphatic heterocycles. The average Bonchev–Trinajstić information content (AvgIpc) is 2.68. The Morgan fingerprint density at radius 1 is 1.30 bits per heavy atom. The van der Waals surface area contributed by atoms with Gasteiger partial charge in [-0.1, -0.05) is 30.5 Å². The molecule has 0 radical (unpaired) electrons. The molecule has 1 atom stereocenters. The van der Waals surface area contributed by atoms with Gasteiger partial charge in [0.1, 0.15) is 0 Å². The van der Waals surface area contributed by atoms with Crippen LogP contribution in [0.3, 0.4) is 0 Å². The van der Waals surface area contributed by atoms with E-state index in [4.69, 9.17) is 11.6 Å². The molecule has 1 unspecified atom stereocenters. The Morgan fingerprint density at radius 2 is 1.95 bits per heavy atom. The molecule has 0 amide bonds. The van der Waals surface area contributed by atoms with Crippen LogP contribution in [-0.4, -0.2) is 29.1 Å². The Hall–Kier alpha value is -0.580. The summed E-state index contributed by atoms with van der Waals surface area (Å²) in [5.41, 5.74) is 1.02. The van der Waals surface area contributed by atoms with Gasteiger partial charge < -0.3 is 5.11 Å². The van der Waals surface area contributed by atoms with E-state index in [0.29, 0.717) is 5.02 Å². The first-order valence-electron chi connectivity index (χ1n) is 6.98. The van der Waals surface area contributed by atoms with Gasteiger partial charge in [-0.15, -0.1) is 0 Å². The minimum atomic E-state index is -0.759. The van der Waals surface area contributed by atoms with Crippen LogP contribution in [0.4, 0.5) is 0 Å².